The van der Waals surface area contributed by atoms with E-state index in [1.165, 1.54) is 6.20 Å². The van der Waals surface area contributed by atoms with Crippen molar-refractivity contribution in [2.45, 2.75) is 0 Å². The minimum Gasteiger partial charge on any atom is -0.421 e. The summed E-state index contributed by atoms with van der Waals surface area (Å²) >= 11 is 3.22. The second-order valence-corrected chi connectivity index (χ2v) is 4.30. The molecular weight excluding hydrogens is 296 g/mol. The average Bonchev–Trinajstić information content (AvgIpc) is 2.39. The summed E-state index contributed by atoms with van der Waals surface area (Å²) in [5.41, 5.74) is 0.630. The molecule has 0 saturated heterocycles. The van der Waals surface area contributed by atoms with Crippen LogP contribution in [0.2, 0.25) is 0 Å². The van der Waals surface area contributed by atoms with Gasteiger partial charge in [0.05, 0.1) is 11.1 Å². The highest BCUT2D eigenvalue weighted by Gasteiger charge is 2.11. The average molecular weight is 303 g/mol. The van der Waals surface area contributed by atoms with E-state index in [-0.39, 0.29) is 5.75 Å². The lowest BCUT2D eigenvalue weighted by atomic mass is 10.2. The zero-order chi connectivity index (χ0) is 13.0. The molecule has 0 N–H and O–H groups in total. The molecule has 0 amide bonds. The largest absolute Gasteiger partial charge is 0.421 e. The normalized spacial score (nSPS) is 9.56. The van der Waals surface area contributed by atoms with Crippen molar-refractivity contribution in [3.05, 3.63) is 58.3 Å². The Labute approximate surface area is 112 Å². The second-order valence-electron chi connectivity index (χ2n) is 3.39. The van der Waals surface area contributed by atoms with Gasteiger partial charge in [0.25, 0.3) is 0 Å². The standard InChI is InChI=1S/C13H7BrN2O2/c14-11-5-10(7-16-8-11)13(17)18-12-4-2-1-3-9(12)6-15/h1-5,7-8H. The number of ether oxygens (including phenoxy) is 1. The molecule has 2 rings (SSSR count). The van der Waals surface area contributed by atoms with Crippen LogP contribution in [0.1, 0.15) is 15.9 Å². The Kier molecular flexibility index (Phi) is 3.70. The number of halogens is 1. The Morgan fingerprint density at radius 1 is 1.33 bits per heavy atom. The molecule has 0 bridgehead atoms. The number of benzene rings is 1. The lowest BCUT2D eigenvalue weighted by Gasteiger charge is -2.05. The van der Waals surface area contributed by atoms with Crippen molar-refractivity contribution in [2.75, 3.05) is 0 Å². The first kappa shape index (κ1) is 12.3. The molecule has 2 aromatic rings. The third-order valence-corrected chi connectivity index (χ3v) is 2.58. The van der Waals surface area contributed by atoms with Gasteiger partial charge in [-0.1, -0.05) is 12.1 Å². The number of carbonyl (C=O) groups is 1. The summed E-state index contributed by atoms with van der Waals surface area (Å²) in [5, 5.41) is 8.88. The maximum Gasteiger partial charge on any atom is 0.345 e. The topological polar surface area (TPSA) is 63.0 Å². The van der Waals surface area contributed by atoms with Crippen LogP contribution in [-0.2, 0) is 0 Å². The first-order valence-corrected chi connectivity index (χ1v) is 5.82. The number of hydrogen-bond acceptors (Lipinski definition) is 4. The van der Waals surface area contributed by atoms with Gasteiger partial charge < -0.3 is 4.74 Å². The molecule has 0 aliphatic rings. The molecule has 0 aliphatic heterocycles. The van der Waals surface area contributed by atoms with Crippen LogP contribution in [0, 0.1) is 11.3 Å². The molecule has 5 heteroatoms. The number of esters is 1. The van der Waals surface area contributed by atoms with Crippen LogP contribution in [0.15, 0.2) is 47.2 Å². The number of nitriles is 1. The van der Waals surface area contributed by atoms with E-state index in [4.69, 9.17) is 10.00 Å². The van der Waals surface area contributed by atoms with Gasteiger partial charge in [0, 0.05) is 16.9 Å². The van der Waals surface area contributed by atoms with Gasteiger partial charge in [-0.2, -0.15) is 5.26 Å². The zero-order valence-electron chi connectivity index (χ0n) is 9.13. The molecule has 0 radical (unpaired) electrons. The van der Waals surface area contributed by atoms with Crippen LogP contribution in [0.4, 0.5) is 0 Å². The van der Waals surface area contributed by atoms with Crippen LogP contribution in [-0.4, -0.2) is 11.0 Å². The number of aromatic nitrogens is 1. The van der Waals surface area contributed by atoms with Gasteiger partial charge in [0.15, 0.2) is 0 Å². The van der Waals surface area contributed by atoms with Gasteiger partial charge >= 0.3 is 5.97 Å². The molecule has 1 aromatic carbocycles. The number of carbonyl (C=O) groups excluding carboxylic acids is 1. The minimum absolute atomic E-state index is 0.241. The van der Waals surface area contributed by atoms with Gasteiger partial charge in [-0.25, -0.2) is 4.79 Å². The van der Waals surface area contributed by atoms with Crippen molar-refractivity contribution in [3.8, 4) is 11.8 Å². The molecule has 0 saturated carbocycles. The third kappa shape index (κ3) is 2.73. The van der Waals surface area contributed by atoms with Crippen molar-refractivity contribution < 1.29 is 9.53 Å². The molecule has 0 aliphatic carbocycles. The third-order valence-electron chi connectivity index (χ3n) is 2.15. The number of para-hydroxylation sites is 1. The molecule has 1 aromatic heterocycles. The Morgan fingerprint density at radius 3 is 2.83 bits per heavy atom. The molecule has 0 unspecified atom stereocenters. The van der Waals surface area contributed by atoms with Gasteiger partial charge in [-0.3, -0.25) is 4.98 Å². The predicted molar refractivity (Wildman–Crippen MR) is 68.1 cm³/mol. The molecule has 18 heavy (non-hydrogen) atoms. The van der Waals surface area contributed by atoms with Gasteiger partial charge in [-0.05, 0) is 34.1 Å². The highest BCUT2D eigenvalue weighted by atomic mass is 79.9. The van der Waals surface area contributed by atoms with E-state index in [1.54, 1.807) is 36.5 Å². The maximum absolute atomic E-state index is 11.8. The zero-order valence-corrected chi connectivity index (χ0v) is 10.7. The summed E-state index contributed by atoms with van der Waals surface area (Å²) < 4.78 is 5.84. The lowest BCUT2D eigenvalue weighted by molar-refractivity contribution is 0.0733. The quantitative estimate of drug-likeness (QED) is 0.632. The van der Waals surface area contributed by atoms with Gasteiger partial charge in [-0.15, -0.1) is 0 Å². The first-order chi connectivity index (χ1) is 8.70. The maximum atomic E-state index is 11.8. The predicted octanol–water partition coefficient (Wildman–Crippen LogP) is 2.93. The van der Waals surface area contributed by atoms with Crippen LogP contribution < -0.4 is 4.74 Å². The van der Waals surface area contributed by atoms with E-state index in [9.17, 15) is 4.79 Å². The Bertz CT molecular complexity index is 635. The number of hydrogen-bond donors (Lipinski definition) is 0. The molecular formula is C13H7BrN2O2. The van der Waals surface area contributed by atoms with Crippen LogP contribution in [0.25, 0.3) is 0 Å². The van der Waals surface area contributed by atoms with Gasteiger partial charge in [0.2, 0.25) is 0 Å². The number of nitrogens with zero attached hydrogens (tertiary/aromatic N) is 2. The summed E-state index contributed by atoms with van der Waals surface area (Å²) in [7, 11) is 0. The SMILES string of the molecule is N#Cc1ccccc1OC(=O)c1cncc(Br)c1. The molecule has 0 fully saturated rings. The van der Waals surface area contributed by atoms with E-state index in [0.717, 1.165) is 0 Å². The first-order valence-electron chi connectivity index (χ1n) is 5.02. The summed E-state index contributed by atoms with van der Waals surface area (Å²) in [6.45, 7) is 0. The highest BCUT2D eigenvalue weighted by Crippen LogP contribution is 2.18. The summed E-state index contributed by atoms with van der Waals surface area (Å²) in [6.07, 6.45) is 2.97. The fourth-order valence-electron chi connectivity index (χ4n) is 1.33. The van der Waals surface area contributed by atoms with Crippen LogP contribution >= 0.6 is 15.9 Å². The van der Waals surface area contributed by atoms with Crippen LogP contribution in [0.3, 0.4) is 0 Å². The van der Waals surface area contributed by atoms with Crippen LogP contribution in [0.5, 0.6) is 5.75 Å². The summed E-state index contributed by atoms with van der Waals surface area (Å²) in [4.78, 5) is 15.7. The summed E-state index contributed by atoms with van der Waals surface area (Å²) in [5.74, 6) is -0.309. The van der Waals surface area contributed by atoms with Crippen molar-refractivity contribution in [2.24, 2.45) is 0 Å². The van der Waals surface area contributed by atoms with E-state index >= 15 is 0 Å². The fraction of sp³-hybridized carbons (Fsp3) is 0. The molecule has 88 valence electrons. The molecule has 0 atom stereocenters. The smallest absolute Gasteiger partial charge is 0.345 e. The van der Waals surface area contributed by atoms with E-state index in [1.807, 2.05) is 6.07 Å². The van der Waals surface area contributed by atoms with E-state index < -0.39 is 5.97 Å². The summed E-state index contributed by atoms with van der Waals surface area (Å²) in [6, 6.07) is 10.1. The lowest BCUT2D eigenvalue weighted by Crippen LogP contribution is -2.09. The van der Waals surface area contributed by atoms with Gasteiger partial charge in [0.1, 0.15) is 11.8 Å². The Balaban J connectivity index is 2.25. The Hall–Kier alpha value is -2.19. The molecule has 4 nitrogen and oxygen atoms in total. The van der Waals surface area contributed by atoms with Crippen molar-refractivity contribution in [1.82, 2.24) is 4.98 Å². The number of rotatable bonds is 2. The second kappa shape index (κ2) is 5.43. The van der Waals surface area contributed by atoms with Crippen molar-refractivity contribution >= 4 is 21.9 Å². The molecule has 0 spiro atoms. The van der Waals surface area contributed by atoms with Crippen molar-refractivity contribution in [1.29, 1.82) is 5.26 Å². The van der Waals surface area contributed by atoms with E-state index in [0.29, 0.717) is 15.6 Å². The number of pyridine rings is 1. The van der Waals surface area contributed by atoms with E-state index in [2.05, 4.69) is 20.9 Å². The minimum atomic E-state index is -0.550. The van der Waals surface area contributed by atoms with Crippen molar-refractivity contribution in [3.63, 3.8) is 0 Å². The Morgan fingerprint density at radius 2 is 2.11 bits per heavy atom. The molecule has 1 heterocycles. The monoisotopic (exact) mass is 302 g/mol. The highest BCUT2D eigenvalue weighted by molar-refractivity contribution is 9.10. The fourth-order valence-corrected chi connectivity index (χ4v) is 1.70.